The van der Waals surface area contributed by atoms with Crippen LogP contribution in [0.25, 0.3) is 0 Å². The van der Waals surface area contributed by atoms with E-state index < -0.39 is 13.0 Å². The Morgan fingerprint density at radius 1 is 1.64 bits per heavy atom. The summed E-state index contributed by atoms with van der Waals surface area (Å²) in [5.74, 6) is -0.287. The summed E-state index contributed by atoms with van der Waals surface area (Å²) in [5.41, 5.74) is 0. The Bertz CT molecular complexity index is 193. The average Bonchev–Trinajstić information content (AvgIpc) is 2.17. The fourth-order valence-electron chi connectivity index (χ4n) is 1.67. The van der Waals surface area contributed by atoms with Crippen molar-refractivity contribution in [2.24, 2.45) is 5.92 Å². The summed E-state index contributed by atoms with van der Waals surface area (Å²) in [5, 5.41) is 3.09. The van der Waals surface area contributed by atoms with Crippen LogP contribution in [0.2, 0.25) is 0 Å². The van der Waals surface area contributed by atoms with E-state index in [-0.39, 0.29) is 11.8 Å². The Morgan fingerprint density at radius 2 is 2.36 bits per heavy atom. The lowest BCUT2D eigenvalue weighted by Crippen LogP contribution is -2.42. The monoisotopic (exact) mass is 206 g/mol. The molecule has 1 heterocycles. The second-order valence-corrected chi connectivity index (χ2v) is 3.65. The van der Waals surface area contributed by atoms with E-state index in [1.807, 2.05) is 0 Å². The summed E-state index contributed by atoms with van der Waals surface area (Å²) in [4.78, 5) is 12.7. The predicted octanol–water partition coefficient (Wildman–Crippen LogP) is 0.709. The van der Waals surface area contributed by atoms with Crippen LogP contribution in [-0.2, 0) is 4.79 Å². The normalized spacial score (nSPS) is 22.4. The van der Waals surface area contributed by atoms with E-state index in [1.165, 1.54) is 7.05 Å². The number of halogens is 2. The molecule has 1 amide bonds. The minimum absolute atomic E-state index is 0.118. The van der Waals surface area contributed by atoms with Gasteiger partial charge in [0.1, 0.15) is 0 Å². The summed E-state index contributed by atoms with van der Waals surface area (Å²) in [6.45, 7) is 1.07. The number of amides is 1. The van der Waals surface area contributed by atoms with Crippen LogP contribution in [0.3, 0.4) is 0 Å². The average molecular weight is 206 g/mol. The number of carbonyl (C=O) groups excluding carboxylic acids is 1. The molecule has 0 spiro atoms. The van der Waals surface area contributed by atoms with Gasteiger partial charge < -0.3 is 10.2 Å². The summed E-state index contributed by atoms with van der Waals surface area (Å²) in [7, 11) is 1.43. The number of hydrogen-bond acceptors (Lipinski definition) is 2. The van der Waals surface area contributed by atoms with Gasteiger partial charge in [-0.2, -0.15) is 0 Å². The molecular formula is C9H16F2N2O. The largest absolute Gasteiger partial charge is 0.340 e. The Balaban J connectivity index is 2.38. The van der Waals surface area contributed by atoms with Crippen LogP contribution in [0.4, 0.5) is 8.78 Å². The maximum Gasteiger partial charge on any atom is 0.255 e. The van der Waals surface area contributed by atoms with Gasteiger partial charge in [-0.25, -0.2) is 8.78 Å². The first kappa shape index (κ1) is 11.4. The third-order valence-electron chi connectivity index (χ3n) is 2.43. The zero-order valence-electron chi connectivity index (χ0n) is 8.30. The highest BCUT2D eigenvalue weighted by Gasteiger charge is 2.25. The Morgan fingerprint density at radius 3 is 2.86 bits per heavy atom. The van der Waals surface area contributed by atoms with E-state index in [0.717, 1.165) is 24.3 Å². The van der Waals surface area contributed by atoms with E-state index in [2.05, 4.69) is 5.32 Å². The number of nitrogens with one attached hydrogen (secondary N) is 1. The second kappa shape index (κ2) is 5.24. The first-order valence-corrected chi connectivity index (χ1v) is 4.85. The standard InChI is InChI=1S/C9H16F2N2O/c1-13(6-8(10)11)9(14)7-3-2-4-12-5-7/h7-8,12H,2-6H2,1H3/t7-/m1/s1. The maximum atomic E-state index is 12.0. The van der Waals surface area contributed by atoms with Crippen molar-refractivity contribution in [1.29, 1.82) is 0 Å². The van der Waals surface area contributed by atoms with Crippen LogP contribution >= 0.6 is 0 Å². The fraction of sp³-hybridized carbons (Fsp3) is 0.889. The van der Waals surface area contributed by atoms with Crippen LogP contribution in [-0.4, -0.2) is 43.9 Å². The number of rotatable bonds is 3. The van der Waals surface area contributed by atoms with Gasteiger partial charge in [0.15, 0.2) is 0 Å². The minimum Gasteiger partial charge on any atom is -0.340 e. The van der Waals surface area contributed by atoms with Crippen LogP contribution < -0.4 is 5.32 Å². The first-order valence-electron chi connectivity index (χ1n) is 4.85. The molecule has 0 aromatic rings. The first-order chi connectivity index (χ1) is 6.61. The second-order valence-electron chi connectivity index (χ2n) is 3.65. The van der Waals surface area contributed by atoms with Crippen molar-refractivity contribution in [3.63, 3.8) is 0 Å². The predicted molar refractivity (Wildman–Crippen MR) is 49.2 cm³/mol. The van der Waals surface area contributed by atoms with E-state index in [4.69, 9.17) is 0 Å². The third-order valence-corrected chi connectivity index (χ3v) is 2.43. The van der Waals surface area contributed by atoms with Crippen molar-refractivity contribution < 1.29 is 13.6 Å². The molecule has 1 atom stereocenters. The van der Waals surface area contributed by atoms with Gasteiger partial charge in [-0.1, -0.05) is 0 Å². The molecule has 0 bridgehead atoms. The molecule has 1 aliphatic heterocycles. The molecule has 0 aliphatic carbocycles. The third kappa shape index (κ3) is 3.21. The van der Waals surface area contributed by atoms with Gasteiger partial charge in [-0.3, -0.25) is 4.79 Å². The van der Waals surface area contributed by atoms with Gasteiger partial charge >= 0.3 is 0 Å². The van der Waals surface area contributed by atoms with Crippen molar-refractivity contribution in [3.8, 4) is 0 Å². The number of piperidine rings is 1. The minimum atomic E-state index is -2.44. The van der Waals surface area contributed by atoms with Gasteiger partial charge in [0.2, 0.25) is 5.91 Å². The molecule has 1 aliphatic rings. The van der Waals surface area contributed by atoms with Crippen molar-refractivity contribution >= 4 is 5.91 Å². The quantitative estimate of drug-likeness (QED) is 0.737. The van der Waals surface area contributed by atoms with Crippen LogP contribution in [0.15, 0.2) is 0 Å². The van der Waals surface area contributed by atoms with Gasteiger partial charge in [0, 0.05) is 13.6 Å². The Kier molecular flexibility index (Phi) is 4.25. The Labute approximate surface area is 82.5 Å². The molecule has 0 aromatic heterocycles. The van der Waals surface area contributed by atoms with Crippen LogP contribution in [0, 0.1) is 5.92 Å². The number of carbonyl (C=O) groups is 1. The molecule has 0 aromatic carbocycles. The molecule has 1 rings (SSSR count). The molecule has 0 unspecified atom stereocenters. The van der Waals surface area contributed by atoms with Gasteiger partial charge in [0.25, 0.3) is 6.43 Å². The van der Waals surface area contributed by atoms with E-state index in [9.17, 15) is 13.6 Å². The van der Waals surface area contributed by atoms with Crippen LogP contribution in [0.1, 0.15) is 12.8 Å². The molecular weight excluding hydrogens is 190 g/mol. The fourth-order valence-corrected chi connectivity index (χ4v) is 1.67. The zero-order valence-corrected chi connectivity index (χ0v) is 8.30. The SMILES string of the molecule is CN(CC(F)F)C(=O)[C@@H]1CCCNC1. The molecule has 82 valence electrons. The highest BCUT2D eigenvalue weighted by atomic mass is 19.3. The van der Waals surface area contributed by atoms with Gasteiger partial charge in [0.05, 0.1) is 12.5 Å². The molecule has 0 saturated carbocycles. The smallest absolute Gasteiger partial charge is 0.255 e. The van der Waals surface area contributed by atoms with Crippen LogP contribution in [0.5, 0.6) is 0 Å². The summed E-state index contributed by atoms with van der Waals surface area (Å²) < 4.78 is 24.0. The lowest BCUT2D eigenvalue weighted by atomic mass is 9.98. The molecule has 14 heavy (non-hydrogen) atoms. The van der Waals surface area contributed by atoms with Crippen molar-refractivity contribution in [1.82, 2.24) is 10.2 Å². The van der Waals surface area contributed by atoms with Gasteiger partial charge in [-0.15, -0.1) is 0 Å². The number of alkyl halides is 2. The molecule has 0 radical (unpaired) electrons. The summed E-state index contributed by atoms with van der Waals surface area (Å²) in [6, 6.07) is 0. The molecule has 1 fully saturated rings. The highest BCUT2D eigenvalue weighted by molar-refractivity contribution is 5.78. The van der Waals surface area contributed by atoms with Crippen molar-refractivity contribution in [2.75, 3.05) is 26.7 Å². The molecule has 1 N–H and O–H groups in total. The highest BCUT2D eigenvalue weighted by Crippen LogP contribution is 2.13. The lowest BCUT2D eigenvalue weighted by Gasteiger charge is -2.26. The summed E-state index contributed by atoms with van der Waals surface area (Å²) in [6.07, 6.45) is -0.696. The number of nitrogens with zero attached hydrogens (tertiary/aromatic N) is 1. The summed E-state index contributed by atoms with van der Waals surface area (Å²) >= 11 is 0. The Hall–Kier alpha value is -0.710. The lowest BCUT2D eigenvalue weighted by molar-refractivity contribution is -0.136. The molecule has 5 heteroatoms. The molecule has 3 nitrogen and oxygen atoms in total. The van der Waals surface area contributed by atoms with Crippen molar-refractivity contribution in [2.45, 2.75) is 19.3 Å². The van der Waals surface area contributed by atoms with E-state index in [0.29, 0.717) is 6.54 Å². The van der Waals surface area contributed by atoms with E-state index >= 15 is 0 Å². The molecule has 1 saturated heterocycles. The van der Waals surface area contributed by atoms with E-state index in [1.54, 1.807) is 0 Å². The van der Waals surface area contributed by atoms with Gasteiger partial charge in [-0.05, 0) is 19.4 Å². The topological polar surface area (TPSA) is 32.3 Å². The number of hydrogen-bond donors (Lipinski definition) is 1. The zero-order chi connectivity index (χ0) is 10.6. The maximum absolute atomic E-state index is 12.0. The van der Waals surface area contributed by atoms with Crippen molar-refractivity contribution in [3.05, 3.63) is 0 Å².